The summed E-state index contributed by atoms with van der Waals surface area (Å²) in [6.07, 6.45) is 2.48. The van der Waals surface area contributed by atoms with E-state index < -0.39 is 0 Å². The van der Waals surface area contributed by atoms with Crippen LogP contribution in [-0.2, 0) is 11.8 Å². The van der Waals surface area contributed by atoms with Gasteiger partial charge in [0.05, 0.1) is 0 Å². The highest BCUT2D eigenvalue weighted by Crippen LogP contribution is 2.39. The lowest BCUT2D eigenvalue weighted by atomic mass is 9.83. The Morgan fingerprint density at radius 2 is 1.68 bits per heavy atom. The Hall–Kier alpha value is -1.56. The van der Waals surface area contributed by atoms with Crippen molar-refractivity contribution in [3.05, 3.63) is 70.8 Å². The van der Waals surface area contributed by atoms with Crippen LogP contribution in [0.15, 0.2) is 48.5 Å². The van der Waals surface area contributed by atoms with E-state index in [1.165, 1.54) is 24.0 Å². The van der Waals surface area contributed by atoms with Gasteiger partial charge >= 0.3 is 0 Å². The van der Waals surface area contributed by atoms with Crippen molar-refractivity contribution in [2.75, 3.05) is 0 Å². The van der Waals surface area contributed by atoms with Gasteiger partial charge in [0, 0.05) is 5.92 Å². The number of fused-ring (bicyclic) bond motifs is 1. The van der Waals surface area contributed by atoms with Crippen molar-refractivity contribution in [2.45, 2.75) is 44.9 Å². The zero-order chi connectivity index (χ0) is 13.5. The first kappa shape index (κ1) is 12.5. The Labute approximate surface area is 116 Å². The second-order valence-electron chi connectivity index (χ2n) is 6.67. The van der Waals surface area contributed by atoms with Crippen molar-refractivity contribution in [3.63, 3.8) is 0 Å². The highest BCUT2D eigenvalue weighted by atomic mass is 14.3. The molecule has 1 atom stereocenters. The number of hydrogen-bond acceptors (Lipinski definition) is 0. The molecule has 1 aliphatic rings. The van der Waals surface area contributed by atoms with Crippen LogP contribution in [-0.4, -0.2) is 0 Å². The standard InChI is InChI=1S/C19H22/c1-19(2,3)16-11-9-15-10-12-17(18(15)13-16)14-7-5-4-6-8-14/h4-9,11,13,17H,10,12H2,1-3H3. The van der Waals surface area contributed by atoms with Crippen molar-refractivity contribution in [1.29, 1.82) is 0 Å². The normalized spacial score (nSPS) is 18.4. The Balaban J connectivity index is 2.04. The molecule has 0 aromatic heterocycles. The van der Waals surface area contributed by atoms with Gasteiger partial charge in [-0.1, -0.05) is 69.3 Å². The van der Waals surface area contributed by atoms with Crippen LogP contribution in [0.4, 0.5) is 0 Å². The second-order valence-corrected chi connectivity index (χ2v) is 6.67. The molecular formula is C19H22. The molecular weight excluding hydrogens is 228 g/mol. The Morgan fingerprint density at radius 3 is 2.37 bits per heavy atom. The fourth-order valence-corrected chi connectivity index (χ4v) is 3.10. The number of aryl methyl sites for hydroxylation is 1. The van der Waals surface area contributed by atoms with Gasteiger partial charge in [-0.3, -0.25) is 0 Å². The van der Waals surface area contributed by atoms with Crippen LogP contribution in [0.3, 0.4) is 0 Å². The molecule has 0 saturated carbocycles. The first-order valence-corrected chi connectivity index (χ1v) is 7.24. The zero-order valence-electron chi connectivity index (χ0n) is 12.1. The van der Waals surface area contributed by atoms with Gasteiger partial charge in [-0.15, -0.1) is 0 Å². The molecule has 98 valence electrons. The van der Waals surface area contributed by atoms with E-state index >= 15 is 0 Å². The monoisotopic (exact) mass is 250 g/mol. The lowest BCUT2D eigenvalue weighted by molar-refractivity contribution is 0.589. The predicted octanol–water partition coefficient (Wildman–Crippen LogP) is 5.06. The molecule has 0 saturated heterocycles. The van der Waals surface area contributed by atoms with Gasteiger partial charge in [0.1, 0.15) is 0 Å². The summed E-state index contributed by atoms with van der Waals surface area (Å²) in [5, 5.41) is 0. The smallest absolute Gasteiger partial charge is 0.00953 e. The molecule has 1 unspecified atom stereocenters. The fraction of sp³-hybridized carbons (Fsp3) is 0.368. The molecule has 0 N–H and O–H groups in total. The van der Waals surface area contributed by atoms with Gasteiger partial charge in [-0.2, -0.15) is 0 Å². The summed E-state index contributed by atoms with van der Waals surface area (Å²) in [5.41, 5.74) is 6.25. The third kappa shape index (κ3) is 2.32. The summed E-state index contributed by atoms with van der Waals surface area (Å²) in [7, 11) is 0. The first-order chi connectivity index (χ1) is 9.05. The SMILES string of the molecule is CC(C)(C)c1ccc2c(c1)C(c1ccccc1)CC2. The fourth-order valence-electron chi connectivity index (χ4n) is 3.10. The van der Waals surface area contributed by atoms with Crippen LogP contribution in [0, 0.1) is 0 Å². The molecule has 19 heavy (non-hydrogen) atoms. The van der Waals surface area contributed by atoms with Crippen LogP contribution in [0.25, 0.3) is 0 Å². The molecule has 0 nitrogen and oxygen atoms in total. The minimum atomic E-state index is 0.235. The van der Waals surface area contributed by atoms with Gasteiger partial charge in [0.25, 0.3) is 0 Å². The molecule has 0 spiro atoms. The minimum Gasteiger partial charge on any atom is -0.0622 e. The predicted molar refractivity (Wildman–Crippen MR) is 81.7 cm³/mol. The maximum Gasteiger partial charge on any atom is 0.00953 e. The van der Waals surface area contributed by atoms with E-state index in [-0.39, 0.29) is 5.41 Å². The van der Waals surface area contributed by atoms with Crippen molar-refractivity contribution in [3.8, 4) is 0 Å². The second kappa shape index (κ2) is 4.52. The van der Waals surface area contributed by atoms with E-state index in [4.69, 9.17) is 0 Å². The van der Waals surface area contributed by atoms with E-state index in [2.05, 4.69) is 69.3 Å². The molecule has 2 aromatic rings. The van der Waals surface area contributed by atoms with Crippen LogP contribution in [0.5, 0.6) is 0 Å². The number of hydrogen-bond donors (Lipinski definition) is 0. The molecule has 0 amide bonds. The molecule has 0 heterocycles. The van der Waals surface area contributed by atoms with E-state index in [0.717, 1.165) is 0 Å². The van der Waals surface area contributed by atoms with Gasteiger partial charge in [-0.25, -0.2) is 0 Å². The first-order valence-electron chi connectivity index (χ1n) is 7.24. The summed E-state index contributed by atoms with van der Waals surface area (Å²) in [6, 6.07) is 18.0. The van der Waals surface area contributed by atoms with E-state index in [9.17, 15) is 0 Å². The Bertz CT molecular complexity index is 573. The quantitative estimate of drug-likeness (QED) is 0.663. The third-order valence-electron chi connectivity index (χ3n) is 4.29. The van der Waals surface area contributed by atoms with Crippen molar-refractivity contribution >= 4 is 0 Å². The van der Waals surface area contributed by atoms with Gasteiger partial charge in [0.15, 0.2) is 0 Å². The summed E-state index contributed by atoms with van der Waals surface area (Å²) in [4.78, 5) is 0. The zero-order valence-corrected chi connectivity index (χ0v) is 12.1. The minimum absolute atomic E-state index is 0.235. The lowest BCUT2D eigenvalue weighted by Crippen LogP contribution is -2.11. The van der Waals surface area contributed by atoms with E-state index in [1.54, 1.807) is 11.1 Å². The molecule has 0 bridgehead atoms. The van der Waals surface area contributed by atoms with Gasteiger partial charge in [0.2, 0.25) is 0 Å². The van der Waals surface area contributed by atoms with Crippen molar-refractivity contribution < 1.29 is 0 Å². The largest absolute Gasteiger partial charge is 0.0622 e. The van der Waals surface area contributed by atoms with Crippen LogP contribution in [0.2, 0.25) is 0 Å². The summed E-state index contributed by atoms with van der Waals surface area (Å²) in [5.74, 6) is 0.596. The van der Waals surface area contributed by atoms with E-state index in [1.807, 2.05) is 0 Å². The van der Waals surface area contributed by atoms with Crippen LogP contribution >= 0.6 is 0 Å². The molecule has 0 fully saturated rings. The lowest BCUT2D eigenvalue weighted by Gasteiger charge is -2.21. The average Bonchev–Trinajstić information content (AvgIpc) is 2.81. The number of rotatable bonds is 1. The molecule has 0 heteroatoms. The van der Waals surface area contributed by atoms with Crippen LogP contribution in [0.1, 0.15) is 55.4 Å². The molecule has 0 radical (unpaired) electrons. The third-order valence-corrected chi connectivity index (χ3v) is 4.29. The van der Waals surface area contributed by atoms with Crippen LogP contribution < -0.4 is 0 Å². The Kier molecular flexibility index (Phi) is 2.97. The molecule has 2 aromatic carbocycles. The summed E-state index contributed by atoms with van der Waals surface area (Å²) >= 11 is 0. The van der Waals surface area contributed by atoms with E-state index in [0.29, 0.717) is 5.92 Å². The topological polar surface area (TPSA) is 0 Å². The van der Waals surface area contributed by atoms with Crippen molar-refractivity contribution in [1.82, 2.24) is 0 Å². The number of benzene rings is 2. The maximum absolute atomic E-state index is 2.44. The maximum atomic E-state index is 2.44. The summed E-state index contributed by atoms with van der Waals surface area (Å²) in [6.45, 7) is 6.88. The molecule has 3 rings (SSSR count). The highest BCUT2D eigenvalue weighted by molar-refractivity contribution is 5.45. The molecule has 0 aliphatic heterocycles. The van der Waals surface area contributed by atoms with Gasteiger partial charge < -0.3 is 0 Å². The van der Waals surface area contributed by atoms with Crippen molar-refractivity contribution in [2.24, 2.45) is 0 Å². The summed E-state index contributed by atoms with van der Waals surface area (Å²) < 4.78 is 0. The Morgan fingerprint density at radius 1 is 0.947 bits per heavy atom. The molecule has 1 aliphatic carbocycles. The average molecular weight is 250 g/mol. The van der Waals surface area contributed by atoms with Gasteiger partial charge in [-0.05, 0) is 40.5 Å². The highest BCUT2D eigenvalue weighted by Gasteiger charge is 2.25.